The number of hydrogen-bond acceptors (Lipinski definition) is 4. The van der Waals surface area contributed by atoms with Gasteiger partial charge in [0, 0.05) is 19.3 Å². The minimum Gasteiger partial charge on any atom is -0.464 e. The van der Waals surface area contributed by atoms with E-state index < -0.39 is 0 Å². The van der Waals surface area contributed by atoms with Crippen molar-refractivity contribution in [3.05, 3.63) is 23.5 Å². The average Bonchev–Trinajstić information content (AvgIpc) is 2.77. The number of nitrogens with one attached hydrogen (secondary N) is 1. The Hall–Kier alpha value is -1.33. The molecule has 0 bridgehead atoms. The maximum Gasteiger partial charge on any atom is 0.354 e. The SMILES string of the molecule is CCCN(CCO)Cc1c[nH]c(C(=O)OC)c1. The second kappa shape index (κ2) is 7.09. The molecule has 1 aromatic heterocycles. The third-order valence-corrected chi connectivity index (χ3v) is 2.51. The summed E-state index contributed by atoms with van der Waals surface area (Å²) in [5.41, 5.74) is 1.48. The van der Waals surface area contributed by atoms with Gasteiger partial charge in [0.1, 0.15) is 5.69 Å². The van der Waals surface area contributed by atoms with Gasteiger partial charge in [-0.05, 0) is 24.6 Å². The van der Waals surface area contributed by atoms with Gasteiger partial charge in [0.25, 0.3) is 0 Å². The highest BCUT2D eigenvalue weighted by Crippen LogP contribution is 2.08. The normalized spacial score (nSPS) is 10.8. The molecule has 96 valence electrons. The third kappa shape index (κ3) is 4.20. The zero-order chi connectivity index (χ0) is 12.7. The molecule has 1 aromatic rings. The molecule has 0 unspecified atom stereocenters. The number of aliphatic hydroxyl groups excluding tert-OH is 1. The van der Waals surface area contributed by atoms with E-state index in [1.54, 1.807) is 12.3 Å². The van der Waals surface area contributed by atoms with Gasteiger partial charge in [-0.25, -0.2) is 4.79 Å². The molecule has 0 aliphatic heterocycles. The van der Waals surface area contributed by atoms with Crippen LogP contribution in [0.1, 0.15) is 29.4 Å². The molecule has 0 spiro atoms. The summed E-state index contributed by atoms with van der Waals surface area (Å²) in [4.78, 5) is 16.3. The third-order valence-electron chi connectivity index (χ3n) is 2.51. The summed E-state index contributed by atoms with van der Waals surface area (Å²) >= 11 is 0. The predicted octanol–water partition coefficient (Wildman–Crippen LogP) is 1.01. The monoisotopic (exact) mass is 240 g/mol. The quantitative estimate of drug-likeness (QED) is 0.698. The van der Waals surface area contributed by atoms with Crippen LogP contribution in [-0.4, -0.2) is 47.8 Å². The number of aliphatic hydroxyl groups is 1. The number of rotatable bonds is 7. The molecule has 0 radical (unpaired) electrons. The number of ether oxygens (including phenoxy) is 1. The van der Waals surface area contributed by atoms with E-state index >= 15 is 0 Å². The van der Waals surface area contributed by atoms with E-state index in [-0.39, 0.29) is 12.6 Å². The predicted molar refractivity (Wildman–Crippen MR) is 64.8 cm³/mol. The fourth-order valence-electron chi connectivity index (χ4n) is 1.74. The van der Waals surface area contributed by atoms with Crippen molar-refractivity contribution >= 4 is 5.97 Å². The van der Waals surface area contributed by atoms with Gasteiger partial charge in [0.2, 0.25) is 0 Å². The molecule has 1 heterocycles. The summed E-state index contributed by atoms with van der Waals surface area (Å²) in [5, 5.41) is 8.95. The smallest absolute Gasteiger partial charge is 0.354 e. The van der Waals surface area contributed by atoms with Gasteiger partial charge in [-0.1, -0.05) is 6.92 Å². The van der Waals surface area contributed by atoms with Gasteiger partial charge in [-0.15, -0.1) is 0 Å². The molecule has 0 saturated carbocycles. The number of carbonyl (C=O) groups is 1. The lowest BCUT2D eigenvalue weighted by Crippen LogP contribution is -2.27. The number of aromatic nitrogens is 1. The highest BCUT2D eigenvalue weighted by Gasteiger charge is 2.10. The van der Waals surface area contributed by atoms with Gasteiger partial charge in [-0.2, -0.15) is 0 Å². The van der Waals surface area contributed by atoms with E-state index in [1.807, 2.05) is 0 Å². The molecular formula is C12H20N2O3. The van der Waals surface area contributed by atoms with E-state index in [2.05, 4.69) is 21.5 Å². The Morgan fingerprint density at radius 1 is 1.53 bits per heavy atom. The molecule has 1 rings (SSSR count). The fourth-order valence-corrected chi connectivity index (χ4v) is 1.74. The number of carbonyl (C=O) groups excluding carboxylic acids is 1. The molecule has 5 nitrogen and oxygen atoms in total. The van der Waals surface area contributed by atoms with E-state index in [4.69, 9.17) is 5.11 Å². The van der Waals surface area contributed by atoms with Crippen molar-refractivity contribution in [3.8, 4) is 0 Å². The van der Waals surface area contributed by atoms with Crippen LogP contribution < -0.4 is 0 Å². The van der Waals surface area contributed by atoms with Crippen molar-refractivity contribution in [2.75, 3.05) is 26.8 Å². The van der Waals surface area contributed by atoms with Crippen molar-refractivity contribution in [2.45, 2.75) is 19.9 Å². The summed E-state index contributed by atoms with van der Waals surface area (Å²) < 4.78 is 4.63. The number of esters is 1. The molecule has 0 fully saturated rings. The number of aromatic amines is 1. The Balaban J connectivity index is 2.60. The first-order valence-corrected chi connectivity index (χ1v) is 5.80. The van der Waals surface area contributed by atoms with E-state index in [9.17, 15) is 4.79 Å². The molecule has 0 aliphatic rings. The highest BCUT2D eigenvalue weighted by molar-refractivity contribution is 5.87. The maximum atomic E-state index is 11.3. The summed E-state index contributed by atoms with van der Waals surface area (Å²) in [6.07, 6.45) is 2.83. The molecule has 2 N–H and O–H groups in total. The first kappa shape index (κ1) is 13.7. The molecule has 5 heteroatoms. The van der Waals surface area contributed by atoms with Gasteiger partial charge in [0.15, 0.2) is 0 Å². The zero-order valence-electron chi connectivity index (χ0n) is 10.4. The summed E-state index contributed by atoms with van der Waals surface area (Å²) in [5.74, 6) is -0.361. The van der Waals surface area contributed by atoms with Crippen LogP contribution in [0, 0.1) is 0 Å². The Labute approximate surface area is 101 Å². The molecule has 17 heavy (non-hydrogen) atoms. The lowest BCUT2D eigenvalue weighted by Gasteiger charge is -2.19. The largest absolute Gasteiger partial charge is 0.464 e. The molecular weight excluding hydrogens is 220 g/mol. The fraction of sp³-hybridized carbons (Fsp3) is 0.583. The Morgan fingerprint density at radius 2 is 2.29 bits per heavy atom. The first-order valence-electron chi connectivity index (χ1n) is 5.80. The van der Waals surface area contributed by atoms with Crippen LogP contribution in [0.5, 0.6) is 0 Å². The lowest BCUT2D eigenvalue weighted by atomic mass is 10.2. The molecule has 0 saturated heterocycles. The van der Waals surface area contributed by atoms with Crippen molar-refractivity contribution in [3.63, 3.8) is 0 Å². The number of nitrogens with zero attached hydrogens (tertiary/aromatic N) is 1. The van der Waals surface area contributed by atoms with E-state index in [0.29, 0.717) is 12.2 Å². The van der Waals surface area contributed by atoms with Crippen molar-refractivity contribution in [1.29, 1.82) is 0 Å². The van der Waals surface area contributed by atoms with Crippen LogP contribution in [0.3, 0.4) is 0 Å². The van der Waals surface area contributed by atoms with Crippen LogP contribution in [0.15, 0.2) is 12.3 Å². The second-order valence-electron chi connectivity index (χ2n) is 3.91. The van der Waals surface area contributed by atoms with Crippen LogP contribution in [0.4, 0.5) is 0 Å². The zero-order valence-corrected chi connectivity index (χ0v) is 10.4. The lowest BCUT2D eigenvalue weighted by molar-refractivity contribution is 0.0594. The topological polar surface area (TPSA) is 65.6 Å². The van der Waals surface area contributed by atoms with Crippen molar-refractivity contribution in [1.82, 2.24) is 9.88 Å². The second-order valence-corrected chi connectivity index (χ2v) is 3.91. The van der Waals surface area contributed by atoms with E-state index in [1.165, 1.54) is 7.11 Å². The molecule has 0 atom stereocenters. The number of hydrogen-bond donors (Lipinski definition) is 2. The summed E-state index contributed by atoms with van der Waals surface area (Å²) in [7, 11) is 1.36. The van der Waals surface area contributed by atoms with Gasteiger partial charge in [-0.3, -0.25) is 4.90 Å². The van der Waals surface area contributed by atoms with E-state index in [0.717, 1.165) is 25.1 Å². The summed E-state index contributed by atoms with van der Waals surface area (Å²) in [6.45, 7) is 4.55. The number of methoxy groups -OCH3 is 1. The standard InChI is InChI=1S/C12H20N2O3/c1-3-4-14(5-6-15)9-10-7-11(13-8-10)12(16)17-2/h7-8,13,15H,3-6,9H2,1-2H3. The van der Waals surface area contributed by atoms with Gasteiger partial charge in [0.05, 0.1) is 13.7 Å². The average molecular weight is 240 g/mol. The highest BCUT2D eigenvalue weighted by atomic mass is 16.5. The maximum absolute atomic E-state index is 11.3. The van der Waals surface area contributed by atoms with Gasteiger partial charge >= 0.3 is 5.97 Å². The number of H-pyrrole nitrogens is 1. The molecule has 0 aromatic carbocycles. The Bertz CT molecular complexity index is 343. The van der Waals surface area contributed by atoms with Gasteiger partial charge < -0.3 is 14.8 Å². The van der Waals surface area contributed by atoms with Crippen molar-refractivity contribution < 1.29 is 14.6 Å². The Morgan fingerprint density at radius 3 is 2.88 bits per heavy atom. The van der Waals surface area contributed by atoms with Crippen LogP contribution in [-0.2, 0) is 11.3 Å². The molecule has 0 amide bonds. The van der Waals surface area contributed by atoms with Crippen LogP contribution in [0.25, 0.3) is 0 Å². The first-order chi connectivity index (χ1) is 8.21. The Kier molecular flexibility index (Phi) is 5.72. The molecule has 0 aliphatic carbocycles. The van der Waals surface area contributed by atoms with Crippen LogP contribution >= 0.6 is 0 Å². The minimum absolute atomic E-state index is 0.147. The van der Waals surface area contributed by atoms with Crippen LogP contribution in [0.2, 0.25) is 0 Å². The minimum atomic E-state index is -0.361. The summed E-state index contributed by atoms with van der Waals surface area (Å²) in [6, 6.07) is 1.78. The van der Waals surface area contributed by atoms with Crippen molar-refractivity contribution in [2.24, 2.45) is 0 Å².